The number of allylic oxidation sites excluding steroid dienone is 2. The number of nitrogens with two attached hydrogens (primary N) is 1. The highest BCUT2D eigenvalue weighted by Gasteiger charge is 2.37. The zero-order valence-electron chi connectivity index (χ0n) is 14.9. The van der Waals surface area contributed by atoms with Gasteiger partial charge in [0.05, 0.1) is 18.1 Å². The Morgan fingerprint density at radius 3 is 2.58 bits per heavy atom. The van der Waals surface area contributed by atoms with Gasteiger partial charge < -0.3 is 24.7 Å². The number of carbonyl (C=O) groups is 1. The van der Waals surface area contributed by atoms with Gasteiger partial charge in [-0.2, -0.15) is 5.26 Å². The van der Waals surface area contributed by atoms with Crippen LogP contribution in [-0.2, 0) is 14.3 Å². The summed E-state index contributed by atoms with van der Waals surface area (Å²) in [5, 5.41) is 9.64. The third-order valence-electron chi connectivity index (χ3n) is 4.34. The van der Waals surface area contributed by atoms with E-state index in [-0.39, 0.29) is 23.6 Å². The minimum absolute atomic E-state index is 0.0164. The summed E-state index contributed by atoms with van der Waals surface area (Å²) in [6, 6.07) is 5.70. The first-order valence-electron chi connectivity index (χ1n) is 8.33. The second-order valence-corrected chi connectivity index (χ2v) is 5.97. The highest BCUT2D eigenvalue weighted by Crippen LogP contribution is 2.44. The lowest BCUT2D eigenvalue weighted by Crippen LogP contribution is -2.26. The summed E-state index contributed by atoms with van der Waals surface area (Å²) in [5.74, 6) is 0.281. The zero-order valence-corrected chi connectivity index (χ0v) is 14.9. The van der Waals surface area contributed by atoms with Gasteiger partial charge in [-0.25, -0.2) is 4.79 Å². The summed E-state index contributed by atoms with van der Waals surface area (Å²) >= 11 is 0. The van der Waals surface area contributed by atoms with Crippen LogP contribution < -0.4 is 15.2 Å². The molecule has 2 aliphatic rings. The van der Waals surface area contributed by atoms with Crippen LogP contribution in [0.2, 0.25) is 0 Å². The van der Waals surface area contributed by atoms with Gasteiger partial charge in [-0.05, 0) is 44.0 Å². The molecule has 1 aromatic rings. The Balaban J connectivity index is 2.19. The Morgan fingerprint density at radius 2 is 1.96 bits per heavy atom. The predicted octanol–water partition coefficient (Wildman–Crippen LogP) is 2.41. The fourth-order valence-corrected chi connectivity index (χ4v) is 3.18. The highest BCUT2D eigenvalue weighted by molar-refractivity contribution is 5.92. The molecule has 1 aromatic carbocycles. The lowest BCUT2D eigenvalue weighted by Gasteiger charge is -2.29. The average molecular weight is 356 g/mol. The molecule has 1 atom stereocenters. The molecule has 0 saturated heterocycles. The zero-order chi connectivity index (χ0) is 18.8. The number of nitrogens with zero attached hydrogens (tertiary/aromatic N) is 1. The molecule has 26 heavy (non-hydrogen) atoms. The average Bonchev–Trinajstić information content (AvgIpc) is 2.60. The third-order valence-corrected chi connectivity index (χ3v) is 4.34. The predicted molar refractivity (Wildman–Crippen MR) is 92.2 cm³/mol. The number of hydrogen-bond acceptors (Lipinski definition) is 7. The van der Waals surface area contributed by atoms with E-state index in [1.807, 2.05) is 13.0 Å². The summed E-state index contributed by atoms with van der Waals surface area (Å²) < 4.78 is 21.9. The van der Waals surface area contributed by atoms with Crippen LogP contribution in [0, 0.1) is 18.3 Å². The van der Waals surface area contributed by atoms with Gasteiger partial charge in [0, 0.05) is 0 Å². The van der Waals surface area contributed by atoms with Crippen molar-refractivity contribution >= 4 is 5.97 Å². The third kappa shape index (κ3) is 2.94. The fraction of sp³-hybridized carbons (Fsp3) is 0.368. The van der Waals surface area contributed by atoms with Crippen LogP contribution in [0.4, 0.5) is 0 Å². The molecule has 0 saturated carbocycles. The monoisotopic (exact) mass is 356 g/mol. The van der Waals surface area contributed by atoms with E-state index in [1.54, 1.807) is 19.9 Å². The lowest BCUT2D eigenvalue weighted by atomic mass is 9.81. The molecule has 0 amide bonds. The van der Waals surface area contributed by atoms with Gasteiger partial charge in [-0.1, -0.05) is 0 Å². The van der Waals surface area contributed by atoms with Crippen LogP contribution in [0.15, 0.2) is 34.9 Å². The first kappa shape index (κ1) is 17.7. The van der Waals surface area contributed by atoms with Crippen molar-refractivity contribution < 1.29 is 23.7 Å². The first-order valence-corrected chi connectivity index (χ1v) is 8.33. The minimum Gasteiger partial charge on any atom is -0.486 e. The van der Waals surface area contributed by atoms with Gasteiger partial charge in [-0.3, -0.25) is 0 Å². The maximum atomic E-state index is 12.6. The van der Waals surface area contributed by atoms with Gasteiger partial charge in [0.2, 0.25) is 5.88 Å². The summed E-state index contributed by atoms with van der Waals surface area (Å²) in [4.78, 5) is 12.6. The number of benzene rings is 1. The Morgan fingerprint density at radius 1 is 1.31 bits per heavy atom. The normalized spacial score (nSPS) is 18.9. The molecule has 0 fully saturated rings. The molecule has 0 radical (unpaired) electrons. The van der Waals surface area contributed by atoms with Crippen molar-refractivity contribution in [2.75, 3.05) is 19.8 Å². The number of rotatable bonds is 3. The Labute approximate surface area is 151 Å². The standard InChI is InChI=1S/C19H20N2O5/c1-4-23-19(22)16-11(3)26-18(21)13(9-20)17(16)12-8-15-14(7-10(12)2)24-5-6-25-15/h7-8,17H,4-6,21H2,1-3H3. The summed E-state index contributed by atoms with van der Waals surface area (Å²) in [6.45, 7) is 6.36. The van der Waals surface area contributed by atoms with E-state index < -0.39 is 11.9 Å². The van der Waals surface area contributed by atoms with Gasteiger partial charge in [0.15, 0.2) is 11.5 Å². The summed E-state index contributed by atoms with van der Waals surface area (Å²) in [5.41, 5.74) is 7.92. The maximum Gasteiger partial charge on any atom is 0.338 e. The van der Waals surface area contributed by atoms with E-state index in [0.717, 1.165) is 11.1 Å². The molecule has 1 unspecified atom stereocenters. The Kier molecular flexibility index (Phi) is 4.76. The number of carbonyl (C=O) groups excluding carboxylic acids is 1. The molecule has 2 heterocycles. The van der Waals surface area contributed by atoms with Crippen molar-refractivity contribution in [2.24, 2.45) is 5.73 Å². The van der Waals surface area contributed by atoms with Crippen LogP contribution in [0.3, 0.4) is 0 Å². The van der Waals surface area contributed by atoms with Gasteiger partial charge >= 0.3 is 5.97 Å². The molecule has 2 N–H and O–H groups in total. The van der Waals surface area contributed by atoms with Crippen LogP contribution >= 0.6 is 0 Å². The van der Waals surface area contributed by atoms with E-state index in [1.165, 1.54) is 0 Å². The number of fused-ring (bicyclic) bond motifs is 1. The molecule has 0 aromatic heterocycles. The van der Waals surface area contributed by atoms with Crippen molar-refractivity contribution in [2.45, 2.75) is 26.7 Å². The van der Waals surface area contributed by atoms with E-state index in [9.17, 15) is 10.1 Å². The molecule has 3 rings (SSSR count). The van der Waals surface area contributed by atoms with E-state index in [2.05, 4.69) is 6.07 Å². The largest absolute Gasteiger partial charge is 0.486 e. The number of ether oxygens (including phenoxy) is 4. The van der Waals surface area contributed by atoms with Crippen molar-refractivity contribution in [3.8, 4) is 17.6 Å². The molecular formula is C19H20N2O5. The van der Waals surface area contributed by atoms with E-state index in [4.69, 9.17) is 24.7 Å². The summed E-state index contributed by atoms with van der Waals surface area (Å²) in [7, 11) is 0. The van der Waals surface area contributed by atoms with Gasteiger partial charge in [0.25, 0.3) is 0 Å². The molecule has 0 aliphatic carbocycles. The van der Waals surface area contributed by atoms with Crippen LogP contribution in [0.5, 0.6) is 11.5 Å². The SMILES string of the molecule is CCOC(=O)C1=C(C)OC(N)=C(C#N)C1c1cc2c(cc1C)OCCO2. The number of aryl methyl sites for hydroxylation is 1. The molecule has 7 heteroatoms. The number of hydrogen-bond donors (Lipinski definition) is 1. The first-order chi connectivity index (χ1) is 12.5. The van der Waals surface area contributed by atoms with E-state index >= 15 is 0 Å². The molecule has 0 bridgehead atoms. The number of nitriles is 1. The molecule has 136 valence electrons. The van der Waals surface area contributed by atoms with Crippen molar-refractivity contribution in [3.63, 3.8) is 0 Å². The Bertz CT molecular complexity index is 863. The van der Waals surface area contributed by atoms with Gasteiger partial charge in [-0.15, -0.1) is 0 Å². The van der Waals surface area contributed by atoms with Crippen molar-refractivity contribution in [1.29, 1.82) is 5.26 Å². The van der Waals surface area contributed by atoms with Crippen molar-refractivity contribution in [1.82, 2.24) is 0 Å². The van der Waals surface area contributed by atoms with Crippen molar-refractivity contribution in [3.05, 3.63) is 46.0 Å². The molecule has 2 aliphatic heterocycles. The van der Waals surface area contributed by atoms with Gasteiger partial charge in [0.1, 0.15) is 30.6 Å². The highest BCUT2D eigenvalue weighted by atomic mass is 16.6. The second kappa shape index (κ2) is 7.00. The number of esters is 1. The van der Waals surface area contributed by atoms with Crippen LogP contribution in [0.1, 0.15) is 30.9 Å². The topological polar surface area (TPSA) is 104 Å². The lowest BCUT2D eigenvalue weighted by molar-refractivity contribution is -0.139. The maximum absolute atomic E-state index is 12.6. The molecule has 0 spiro atoms. The van der Waals surface area contributed by atoms with Crippen LogP contribution in [0.25, 0.3) is 0 Å². The molecule has 7 nitrogen and oxygen atoms in total. The molecular weight excluding hydrogens is 336 g/mol. The second-order valence-electron chi connectivity index (χ2n) is 5.97. The quantitative estimate of drug-likeness (QED) is 0.829. The minimum atomic E-state index is -0.691. The Hall–Kier alpha value is -3.14. The smallest absolute Gasteiger partial charge is 0.338 e. The van der Waals surface area contributed by atoms with Crippen LogP contribution in [-0.4, -0.2) is 25.8 Å². The fourth-order valence-electron chi connectivity index (χ4n) is 3.18. The van der Waals surface area contributed by atoms with E-state index in [0.29, 0.717) is 30.5 Å². The summed E-state index contributed by atoms with van der Waals surface area (Å²) in [6.07, 6.45) is 0.